The Labute approximate surface area is 439 Å². The SMILES string of the molecule is CC1(C)Oc2cc(-c3c(F)c(F)c(-c4cc5c(s4)-c4sc(/C=C6\C(=O)c7cc(F)c(F)cc7C6=C(C#N)C#N)cc4OC5(C)C)c4nsnc34)sc2-c2sc(/C=C3\C(=O)c4cc(F)c(F)cc4C3=C(C#N)C#N)cc21. The van der Waals surface area contributed by atoms with Crippen LogP contribution in [0.4, 0.5) is 26.3 Å². The number of carbonyl (C=O) groups is 2. The number of benzene rings is 3. The third kappa shape index (κ3) is 6.97. The molecular weight excluding hydrogens is 1070 g/mol. The van der Waals surface area contributed by atoms with E-state index in [0.29, 0.717) is 56.8 Å². The number of ketones is 2. The van der Waals surface area contributed by atoms with Gasteiger partial charge in [0.2, 0.25) is 0 Å². The van der Waals surface area contributed by atoms with Crippen molar-refractivity contribution in [1.29, 1.82) is 21.0 Å². The lowest BCUT2D eigenvalue weighted by Crippen LogP contribution is -2.27. The van der Waals surface area contributed by atoms with Crippen molar-refractivity contribution in [2.24, 2.45) is 0 Å². The van der Waals surface area contributed by atoms with Crippen LogP contribution in [0.5, 0.6) is 11.5 Å². The van der Waals surface area contributed by atoms with Gasteiger partial charge in [0, 0.05) is 64.1 Å². The molecule has 75 heavy (non-hydrogen) atoms. The van der Waals surface area contributed by atoms with E-state index in [1.54, 1.807) is 76.2 Å². The van der Waals surface area contributed by atoms with E-state index in [1.807, 2.05) is 0 Å². The summed E-state index contributed by atoms with van der Waals surface area (Å²) in [4.78, 5) is 31.3. The summed E-state index contributed by atoms with van der Waals surface area (Å²) in [5.41, 5.74) is -2.95. The number of aromatic nitrogens is 2. The zero-order valence-corrected chi connectivity index (χ0v) is 42.5. The smallest absolute Gasteiger partial charge is 0.194 e. The largest absolute Gasteiger partial charge is 0.482 e. The summed E-state index contributed by atoms with van der Waals surface area (Å²) in [7, 11) is 0. The lowest BCUT2D eigenvalue weighted by Gasteiger charge is -2.31. The molecular formula is C54H22F6N6O4S5. The predicted molar refractivity (Wildman–Crippen MR) is 272 cm³/mol. The Hall–Kier alpha value is -8.28. The summed E-state index contributed by atoms with van der Waals surface area (Å²) >= 11 is 5.41. The minimum absolute atomic E-state index is 0.0773. The number of nitrogens with zero attached hydrogens (tertiary/aromatic N) is 6. The fourth-order valence-corrected chi connectivity index (χ4v) is 15.4. The van der Waals surface area contributed by atoms with Crippen molar-refractivity contribution in [1.82, 2.24) is 8.75 Å². The van der Waals surface area contributed by atoms with E-state index in [0.717, 1.165) is 58.7 Å². The van der Waals surface area contributed by atoms with Gasteiger partial charge < -0.3 is 9.47 Å². The average molecular weight is 1090 g/mol. The fourth-order valence-electron chi connectivity index (χ4n) is 9.77. The molecule has 4 aliphatic rings. The fraction of sp³-hybridized carbons (Fsp3) is 0.111. The molecule has 0 N–H and O–H groups in total. The van der Waals surface area contributed by atoms with Crippen LogP contribution in [-0.2, 0) is 11.2 Å². The number of carbonyl (C=O) groups excluding carboxylic acids is 2. The average Bonchev–Trinajstić information content (AvgIpc) is 4.32. The van der Waals surface area contributed by atoms with Gasteiger partial charge in [0.05, 0.1) is 42.4 Å². The monoisotopic (exact) mass is 1090 g/mol. The number of thiophene rings is 4. The van der Waals surface area contributed by atoms with E-state index < -0.39 is 68.8 Å². The molecule has 0 unspecified atom stereocenters. The maximum absolute atomic E-state index is 17.1. The molecule has 0 fully saturated rings. The highest BCUT2D eigenvalue weighted by atomic mass is 32.1. The van der Waals surface area contributed by atoms with Crippen LogP contribution in [0.2, 0.25) is 0 Å². The highest BCUT2D eigenvalue weighted by Gasteiger charge is 2.42. The standard InChI is InChI=1S/C54H22F6N6O4S5/c1-53(2)29-7-21(5-27-39(19(15-61)16-62)23-9-31(55)33(57)11-25(23)47(27)67)71-49(29)52-36(70-53)14-38(74-52)42-44(60)43(59)41(45-46(42)66-75-65-45)37-13-30-50(73-37)51-35(69-54(30,3)4)8-22(72-51)6-28-40(20(17-63)18-64)24-10-32(56)34(58)12-26(24)48(28)68/h5-14H,1-4H3/b27-5-,28-6-. The number of allylic oxidation sites excluding steroid dienone is 6. The number of hydrogen-bond acceptors (Lipinski definition) is 15. The molecule has 10 nitrogen and oxygen atoms in total. The molecule has 12 rings (SSSR count). The van der Waals surface area contributed by atoms with Crippen molar-refractivity contribution in [3.8, 4) is 76.2 Å². The molecule has 0 amide bonds. The van der Waals surface area contributed by atoms with Gasteiger partial charge >= 0.3 is 0 Å². The van der Waals surface area contributed by atoms with Crippen molar-refractivity contribution < 1.29 is 45.4 Å². The van der Waals surface area contributed by atoms with Gasteiger partial charge in [-0.2, -0.15) is 29.8 Å². The second-order valence-corrected chi connectivity index (χ2v) is 23.1. The molecule has 0 atom stereocenters. The minimum Gasteiger partial charge on any atom is -0.482 e. The lowest BCUT2D eigenvalue weighted by atomic mass is 9.94. The Morgan fingerprint density at radius 3 is 1.40 bits per heavy atom. The van der Waals surface area contributed by atoms with E-state index >= 15 is 8.78 Å². The Morgan fingerprint density at radius 2 is 0.907 bits per heavy atom. The molecule has 0 saturated heterocycles. The summed E-state index contributed by atoms with van der Waals surface area (Å²) in [6.45, 7) is 7.18. The van der Waals surface area contributed by atoms with E-state index in [9.17, 15) is 48.2 Å². The third-order valence-electron chi connectivity index (χ3n) is 13.1. The summed E-state index contributed by atoms with van der Waals surface area (Å²) in [6, 6.07) is 16.7. The van der Waals surface area contributed by atoms with Gasteiger partial charge in [0.15, 0.2) is 46.5 Å². The van der Waals surface area contributed by atoms with Crippen molar-refractivity contribution in [3.05, 3.63) is 149 Å². The predicted octanol–water partition coefficient (Wildman–Crippen LogP) is 14.9. The maximum atomic E-state index is 17.1. The van der Waals surface area contributed by atoms with Gasteiger partial charge in [-0.15, -0.1) is 45.3 Å². The van der Waals surface area contributed by atoms with E-state index in [4.69, 9.17) is 9.47 Å². The molecule has 0 saturated carbocycles. The molecule has 2 aliphatic carbocycles. The second-order valence-electron chi connectivity index (χ2n) is 18.3. The molecule has 5 aromatic heterocycles. The van der Waals surface area contributed by atoms with E-state index in [-0.39, 0.29) is 71.6 Å². The molecule has 0 spiro atoms. The van der Waals surface area contributed by atoms with Gasteiger partial charge in [0.1, 0.15) is 69.2 Å². The molecule has 8 aromatic rings. The minimum atomic E-state index is -1.27. The second kappa shape index (κ2) is 16.6. The van der Waals surface area contributed by atoms with Crippen molar-refractivity contribution in [3.63, 3.8) is 0 Å². The maximum Gasteiger partial charge on any atom is 0.194 e. The Bertz CT molecular complexity index is 4350. The van der Waals surface area contributed by atoms with Crippen LogP contribution in [0, 0.1) is 80.2 Å². The van der Waals surface area contributed by atoms with Crippen molar-refractivity contribution in [2.45, 2.75) is 38.9 Å². The molecule has 3 aromatic carbocycles. The van der Waals surface area contributed by atoms with Gasteiger partial charge in [-0.3, -0.25) is 9.59 Å². The summed E-state index contributed by atoms with van der Waals surface area (Å²) in [6.07, 6.45) is 2.86. The first kappa shape index (κ1) is 47.7. The Morgan fingerprint density at radius 1 is 0.520 bits per heavy atom. The highest BCUT2D eigenvalue weighted by molar-refractivity contribution is 7.25. The van der Waals surface area contributed by atoms with Crippen LogP contribution in [0.15, 0.2) is 70.8 Å². The Kier molecular flexibility index (Phi) is 10.6. The summed E-state index contributed by atoms with van der Waals surface area (Å²) in [5.74, 6) is -8.17. The molecule has 21 heteroatoms. The third-order valence-corrected chi connectivity index (χ3v) is 18.4. The first-order valence-corrected chi connectivity index (χ1v) is 26.0. The first-order valence-electron chi connectivity index (χ1n) is 22.0. The van der Waals surface area contributed by atoms with Crippen LogP contribution < -0.4 is 9.47 Å². The highest BCUT2D eigenvalue weighted by Crippen LogP contribution is 2.59. The molecule has 0 radical (unpaired) electrons. The van der Waals surface area contributed by atoms with E-state index in [2.05, 4.69) is 8.75 Å². The van der Waals surface area contributed by atoms with E-state index in [1.165, 1.54) is 34.8 Å². The Balaban J connectivity index is 0.931. The number of hydrogen-bond donors (Lipinski definition) is 0. The van der Waals surface area contributed by atoms with Gasteiger partial charge in [0.25, 0.3) is 0 Å². The van der Waals surface area contributed by atoms with Gasteiger partial charge in [-0.25, -0.2) is 26.3 Å². The zero-order chi connectivity index (χ0) is 52.9. The molecule has 2 aliphatic heterocycles. The topological polar surface area (TPSA) is 174 Å². The van der Waals surface area contributed by atoms with Crippen LogP contribution in [-0.4, -0.2) is 20.3 Å². The van der Waals surface area contributed by atoms with Crippen LogP contribution >= 0.6 is 57.1 Å². The number of halogens is 6. The molecule has 364 valence electrons. The number of Topliss-reactive ketones (excluding diaryl/α,β-unsaturated/α-hetero) is 2. The summed E-state index contributed by atoms with van der Waals surface area (Å²) < 4.78 is 114. The van der Waals surface area contributed by atoms with Crippen LogP contribution in [0.1, 0.15) is 80.4 Å². The van der Waals surface area contributed by atoms with Crippen LogP contribution in [0.25, 0.3) is 74.7 Å². The normalized spacial score (nSPS) is 16.3. The first-order chi connectivity index (χ1) is 35.8. The number of nitriles is 4. The molecule has 0 bridgehead atoms. The van der Waals surface area contributed by atoms with Crippen molar-refractivity contribution in [2.75, 3.05) is 0 Å². The summed E-state index contributed by atoms with van der Waals surface area (Å²) in [5, 5.41) is 39.2. The lowest BCUT2D eigenvalue weighted by molar-refractivity contribution is 0.103. The number of fused-ring (bicyclic) bond motifs is 9. The van der Waals surface area contributed by atoms with Gasteiger partial charge in [-0.05, 0) is 99.5 Å². The zero-order valence-electron chi connectivity index (χ0n) is 38.4. The number of rotatable bonds is 4. The quantitative estimate of drug-likeness (QED) is 0.0937. The molecule has 7 heterocycles. The van der Waals surface area contributed by atoms with Gasteiger partial charge in [-0.1, -0.05) is 0 Å². The van der Waals surface area contributed by atoms with Crippen molar-refractivity contribution >= 4 is 103 Å². The number of ether oxygens (including phenoxy) is 2. The van der Waals surface area contributed by atoms with Crippen LogP contribution in [0.3, 0.4) is 0 Å².